The fourth-order valence-corrected chi connectivity index (χ4v) is 3.10. The van der Waals surface area contributed by atoms with Crippen molar-refractivity contribution < 1.29 is 19.3 Å². The van der Waals surface area contributed by atoms with Crippen molar-refractivity contribution in [3.8, 4) is 5.75 Å². The van der Waals surface area contributed by atoms with Crippen LogP contribution in [0.2, 0.25) is 0 Å². The summed E-state index contributed by atoms with van der Waals surface area (Å²) in [5.74, 6) is 0.741. The summed E-state index contributed by atoms with van der Waals surface area (Å²) in [6, 6.07) is 18.1. The Labute approximate surface area is 181 Å². The zero-order valence-corrected chi connectivity index (χ0v) is 18.8. The monoisotopic (exact) mass is 415 g/mol. The quantitative estimate of drug-likeness (QED) is 0.457. The maximum atomic E-state index is 10.4. The molecule has 0 aliphatic rings. The second kappa shape index (κ2) is 12.7. The smallest absolute Gasteiger partial charge is 0.124 e. The van der Waals surface area contributed by atoms with Gasteiger partial charge in [-0.2, -0.15) is 0 Å². The molecule has 0 amide bonds. The van der Waals surface area contributed by atoms with Crippen molar-refractivity contribution in [2.45, 2.75) is 58.5 Å². The molecular formula is C25H37NO4. The minimum Gasteiger partial charge on any atom is -0.490 e. The van der Waals surface area contributed by atoms with E-state index in [9.17, 15) is 5.11 Å². The average Bonchev–Trinajstić information content (AvgIpc) is 2.71. The number of aliphatic hydroxyl groups excluding tert-OH is 1. The molecule has 0 heterocycles. The van der Waals surface area contributed by atoms with Crippen molar-refractivity contribution >= 4 is 0 Å². The van der Waals surface area contributed by atoms with Gasteiger partial charge in [0.15, 0.2) is 0 Å². The van der Waals surface area contributed by atoms with Crippen LogP contribution in [0, 0.1) is 0 Å². The standard InChI is InChI=1S/C25H37NO4/c1-20(2)29-15-14-28-18-22-12-8-9-13-24(22)30-19-23(27)17-26-25(3,4)16-21-10-6-5-7-11-21/h5-13,20,23,26-27H,14-19H2,1-4H3. The van der Waals surface area contributed by atoms with Crippen molar-refractivity contribution in [2.24, 2.45) is 0 Å². The molecule has 1 unspecified atom stereocenters. The molecule has 30 heavy (non-hydrogen) atoms. The van der Waals surface area contributed by atoms with E-state index in [0.29, 0.717) is 26.4 Å². The predicted octanol–water partition coefficient (Wildman–Crippen LogP) is 3.98. The van der Waals surface area contributed by atoms with Crippen molar-refractivity contribution in [3.05, 3.63) is 65.7 Å². The van der Waals surface area contributed by atoms with Crippen LogP contribution in [0.5, 0.6) is 5.75 Å². The number of nitrogens with one attached hydrogen (secondary N) is 1. The summed E-state index contributed by atoms with van der Waals surface area (Å²) in [6.45, 7) is 10.5. The Morgan fingerprint density at radius 1 is 0.967 bits per heavy atom. The Hall–Kier alpha value is -1.92. The Kier molecular flexibility index (Phi) is 10.3. The molecular weight excluding hydrogens is 378 g/mol. The second-order valence-electron chi connectivity index (χ2n) is 8.47. The van der Waals surface area contributed by atoms with E-state index in [2.05, 4.69) is 31.3 Å². The van der Waals surface area contributed by atoms with Crippen LogP contribution in [0.4, 0.5) is 0 Å². The Morgan fingerprint density at radius 2 is 1.67 bits per heavy atom. The van der Waals surface area contributed by atoms with Gasteiger partial charge in [0, 0.05) is 17.6 Å². The van der Waals surface area contributed by atoms with Crippen LogP contribution >= 0.6 is 0 Å². The van der Waals surface area contributed by atoms with E-state index in [4.69, 9.17) is 14.2 Å². The third kappa shape index (κ3) is 9.72. The minimum absolute atomic E-state index is 0.119. The first-order valence-corrected chi connectivity index (χ1v) is 10.7. The Morgan fingerprint density at radius 3 is 2.40 bits per heavy atom. The normalized spacial score (nSPS) is 12.9. The summed E-state index contributed by atoms with van der Waals surface area (Å²) in [7, 11) is 0. The van der Waals surface area contributed by atoms with Gasteiger partial charge in [0.05, 0.1) is 25.9 Å². The lowest BCUT2D eigenvalue weighted by Gasteiger charge is -2.28. The van der Waals surface area contributed by atoms with Gasteiger partial charge in [-0.15, -0.1) is 0 Å². The van der Waals surface area contributed by atoms with Crippen LogP contribution in [-0.4, -0.2) is 49.2 Å². The van der Waals surface area contributed by atoms with E-state index in [-0.39, 0.29) is 18.2 Å². The highest BCUT2D eigenvalue weighted by Crippen LogP contribution is 2.19. The predicted molar refractivity (Wildman–Crippen MR) is 121 cm³/mol. The number of aliphatic hydroxyl groups is 1. The zero-order valence-electron chi connectivity index (χ0n) is 18.8. The molecule has 166 valence electrons. The number of hydrogen-bond donors (Lipinski definition) is 2. The number of β-amino-alcohol motifs (C(OH)–C–C–N with tert-alkyl or cyclic N) is 1. The van der Waals surface area contributed by atoms with Crippen LogP contribution in [0.15, 0.2) is 54.6 Å². The molecule has 0 spiro atoms. The molecule has 0 aliphatic heterocycles. The molecule has 0 radical (unpaired) electrons. The molecule has 2 aromatic carbocycles. The molecule has 2 N–H and O–H groups in total. The average molecular weight is 416 g/mol. The fraction of sp³-hybridized carbons (Fsp3) is 0.520. The minimum atomic E-state index is -0.603. The number of hydrogen-bond acceptors (Lipinski definition) is 5. The van der Waals surface area contributed by atoms with E-state index >= 15 is 0 Å². The second-order valence-corrected chi connectivity index (χ2v) is 8.47. The number of ether oxygens (including phenoxy) is 3. The number of para-hydroxylation sites is 1. The molecule has 2 rings (SSSR count). The summed E-state index contributed by atoms with van der Waals surface area (Å²) in [5, 5.41) is 13.8. The van der Waals surface area contributed by atoms with E-state index in [1.807, 2.05) is 56.3 Å². The van der Waals surface area contributed by atoms with Gasteiger partial charge >= 0.3 is 0 Å². The lowest BCUT2D eigenvalue weighted by atomic mass is 9.95. The van der Waals surface area contributed by atoms with E-state index < -0.39 is 6.10 Å². The first kappa shape index (κ1) is 24.4. The summed E-state index contributed by atoms with van der Waals surface area (Å²) < 4.78 is 17.0. The molecule has 0 fully saturated rings. The highest BCUT2D eigenvalue weighted by atomic mass is 16.5. The highest BCUT2D eigenvalue weighted by molar-refractivity contribution is 5.32. The van der Waals surface area contributed by atoms with Crippen LogP contribution in [0.3, 0.4) is 0 Å². The summed E-state index contributed by atoms with van der Waals surface area (Å²) in [5.41, 5.74) is 2.12. The van der Waals surface area contributed by atoms with Crippen molar-refractivity contribution in [1.82, 2.24) is 5.32 Å². The molecule has 0 saturated carbocycles. The van der Waals surface area contributed by atoms with Gasteiger partial charge in [0.1, 0.15) is 18.5 Å². The molecule has 2 aromatic rings. The van der Waals surface area contributed by atoms with E-state index in [0.717, 1.165) is 17.7 Å². The van der Waals surface area contributed by atoms with Crippen LogP contribution in [0.1, 0.15) is 38.8 Å². The number of rotatable bonds is 14. The molecule has 0 aromatic heterocycles. The van der Waals surface area contributed by atoms with Gasteiger partial charge in [-0.1, -0.05) is 48.5 Å². The Bertz CT molecular complexity index is 718. The SMILES string of the molecule is CC(C)OCCOCc1ccccc1OCC(O)CNC(C)(C)Cc1ccccc1. The first-order chi connectivity index (χ1) is 14.4. The van der Waals surface area contributed by atoms with E-state index in [1.54, 1.807) is 0 Å². The van der Waals surface area contributed by atoms with Crippen LogP contribution in [0.25, 0.3) is 0 Å². The van der Waals surface area contributed by atoms with Gasteiger partial charge in [-0.25, -0.2) is 0 Å². The van der Waals surface area contributed by atoms with Gasteiger partial charge < -0.3 is 24.6 Å². The third-order valence-corrected chi connectivity index (χ3v) is 4.65. The van der Waals surface area contributed by atoms with Gasteiger partial charge in [0.2, 0.25) is 0 Å². The van der Waals surface area contributed by atoms with Crippen LogP contribution in [-0.2, 0) is 22.5 Å². The largest absolute Gasteiger partial charge is 0.490 e. The third-order valence-electron chi connectivity index (χ3n) is 4.65. The van der Waals surface area contributed by atoms with Gasteiger partial charge in [-0.3, -0.25) is 0 Å². The molecule has 0 aliphatic carbocycles. The van der Waals surface area contributed by atoms with Crippen molar-refractivity contribution in [1.29, 1.82) is 0 Å². The van der Waals surface area contributed by atoms with Crippen molar-refractivity contribution in [2.75, 3.05) is 26.4 Å². The molecule has 0 saturated heterocycles. The fourth-order valence-electron chi connectivity index (χ4n) is 3.10. The summed E-state index contributed by atoms with van der Waals surface area (Å²) in [4.78, 5) is 0. The lowest BCUT2D eigenvalue weighted by molar-refractivity contribution is 0.0135. The summed E-state index contributed by atoms with van der Waals surface area (Å²) in [6.07, 6.45) is 0.493. The summed E-state index contributed by atoms with van der Waals surface area (Å²) >= 11 is 0. The number of benzene rings is 2. The molecule has 5 heteroatoms. The zero-order chi connectivity index (χ0) is 21.8. The molecule has 5 nitrogen and oxygen atoms in total. The lowest BCUT2D eigenvalue weighted by Crippen LogP contribution is -2.46. The maximum Gasteiger partial charge on any atom is 0.124 e. The maximum absolute atomic E-state index is 10.4. The molecule has 1 atom stereocenters. The highest BCUT2D eigenvalue weighted by Gasteiger charge is 2.19. The van der Waals surface area contributed by atoms with Gasteiger partial charge in [0.25, 0.3) is 0 Å². The topological polar surface area (TPSA) is 60.0 Å². The van der Waals surface area contributed by atoms with Crippen molar-refractivity contribution in [3.63, 3.8) is 0 Å². The van der Waals surface area contributed by atoms with Crippen LogP contribution < -0.4 is 10.1 Å². The molecule has 0 bridgehead atoms. The van der Waals surface area contributed by atoms with Gasteiger partial charge in [-0.05, 0) is 45.7 Å². The Balaban J connectivity index is 1.74. The van der Waals surface area contributed by atoms with E-state index in [1.165, 1.54) is 5.56 Å². The first-order valence-electron chi connectivity index (χ1n) is 10.7.